The molecule has 0 radical (unpaired) electrons. The molecule has 3 aromatic carbocycles. The zero-order valence-corrected chi connectivity index (χ0v) is 20.3. The number of hydrogen-bond donors (Lipinski definition) is 0. The maximum atomic E-state index is 5.71. The Morgan fingerprint density at radius 1 is 0.818 bits per heavy atom. The molecule has 0 aliphatic carbocycles. The third-order valence-electron chi connectivity index (χ3n) is 5.37. The van der Waals surface area contributed by atoms with Crippen LogP contribution in [-0.4, -0.2) is 26.3 Å². The fourth-order valence-corrected chi connectivity index (χ4v) is 4.22. The van der Waals surface area contributed by atoms with Gasteiger partial charge in [0.1, 0.15) is 17.2 Å². The molecule has 0 atom stereocenters. The summed E-state index contributed by atoms with van der Waals surface area (Å²) < 4.78 is 22.8. The number of rotatable bonds is 9. The minimum Gasteiger partial charge on any atom is -0.497 e. The molecule has 0 fully saturated rings. The van der Waals surface area contributed by atoms with E-state index in [0.717, 1.165) is 38.3 Å². The molecule has 0 aliphatic rings. The smallest absolute Gasteiger partial charge is 0.181 e. The van der Waals surface area contributed by atoms with Gasteiger partial charge in [0.2, 0.25) is 0 Å². The number of anilines is 1. The van der Waals surface area contributed by atoms with E-state index in [-0.39, 0.29) is 0 Å². The first-order valence-electron chi connectivity index (χ1n) is 10.4. The van der Waals surface area contributed by atoms with Crippen molar-refractivity contribution in [2.45, 2.75) is 13.1 Å². The Balaban J connectivity index is 1.72. The number of methoxy groups -OCH3 is 3. The van der Waals surface area contributed by atoms with Gasteiger partial charge in [-0.1, -0.05) is 24.3 Å². The molecule has 4 aromatic rings. The Hall–Kier alpha value is -3.45. The van der Waals surface area contributed by atoms with Gasteiger partial charge in [-0.3, -0.25) is 0 Å². The molecule has 6 nitrogen and oxygen atoms in total. The SMILES string of the molecule is COc1ccc(CN(Cc2ccc(OC)cc2)c2cc(OC)c(-c3cnco3)cc2Br)cc1. The lowest BCUT2D eigenvalue weighted by Gasteiger charge is -2.27. The second kappa shape index (κ2) is 10.4. The normalized spacial score (nSPS) is 10.7. The van der Waals surface area contributed by atoms with Crippen LogP contribution in [-0.2, 0) is 13.1 Å². The van der Waals surface area contributed by atoms with Crippen LogP contribution < -0.4 is 19.1 Å². The van der Waals surface area contributed by atoms with Crippen molar-refractivity contribution in [3.8, 4) is 28.6 Å². The predicted octanol–water partition coefficient (Wildman–Crippen LogP) is 6.34. The summed E-state index contributed by atoms with van der Waals surface area (Å²) in [4.78, 5) is 6.32. The van der Waals surface area contributed by atoms with E-state index in [1.54, 1.807) is 27.5 Å². The monoisotopic (exact) mass is 508 g/mol. The van der Waals surface area contributed by atoms with E-state index < -0.39 is 0 Å². The van der Waals surface area contributed by atoms with E-state index in [0.29, 0.717) is 24.6 Å². The molecule has 0 aliphatic heterocycles. The number of nitrogens with zero attached hydrogens (tertiary/aromatic N) is 2. The fraction of sp³-hybridized carbons (Fsp3) is 0.192. The maximum Gasteiger partial charge on any atom is 0.181 e. The van der Waals surface area contributed by atoms with E-state index >= 15 is 0 Å². The third-order valence-corrected chi connectivity index (χ3v) is 6.01. The van der Waals surface area contributed by atoms with E-state index in [1.165, 1.54) is 6.39 Å². The average Bonchev–Trinajstić information content (AvgIpc) is 3.39. The van der Waals surface area contributed by atoms with Crippen LogP contribution in [0.3, 0.4) is 0 Å². The molecule has 0 spiro atoms. The number of halogens is 1. The Kier molecular flexibility index (Phi) is 7.19. The standard InChI is InChI=1S/C26H25BrN2O4/c1-30-20-8-4-18(5-9-20)15-29(16-19-6-10-21(31-2)11-7-19)24-13-25(32-3)22(12-23(24)27)26-14-28-17-33-26/h4-14,17H,15-16H2,1-3H3. The topological polar surface area (TPSA) is 57.0 Å². The lowest BCUT2D eigenvalue weighted by Crippen LogP contribution is -2.22. The Morgan fingerprint density at radius 3 is 1.85 bits per heavy atom. The molecule has 1 heterocycles. The molecule has 0 saturated carbocycles. The highest BCUT2D eigenvalue weighted by Gasteiger charge is 2.18. The molecule has 0 unspecified atom stereocenters. The number of ether oxygens (including phenoxy) is 3. The van der Waals surface area contributed by atoms with Crippen LogP contribution in [0.15, 0.2) is 82.1 Å². The number of hydrogen-bond acceptors (Lipinski definition) is 6. The van der Waals surface area contributed by atoms with Gasteiger partial charge in [0.25, 0.3) is 0 Å². The minimum atomic E-state index is 0.649. The van der Waals surface area contributed by atoms with E-state index in [9.17, 15) is 0 Å². The maximum absolute atomic E-state index is 5.71. The summed E-state index contributed by atoms with van der Waals surface area (Å²) in [5, 5.41) is 0. The molecule has 7 heteroatoms. The molecule has 4 rings (SSSR count). The molecule has 33 heavy (non-hydrogen) atoms. The van der Waals surface area contributed by atoms with Gasteiger partial charge < -0.3 is 23.5 Å². The van der Waals surface area contributed by atoms with Crippen LogP contribution >= 0.6 is 15.9 Å². The molecule has 0 bridgehead atoms. The summed E-state index contributed by atoms with van der Waals surface area (Å²) in [6, 6.07) is 20.2. The minimum absolute atomic E-state index is 0.649. The first-order chi connectivity index (χ1) is 16.1. The van der Waals surface area contributed by atoms with Gasteiger partial charge in [0.05, 0.1) is 38.8 Å². The second-order valence-electron chi connectivity index (χ2n) is 7.42. The first-order valence-corrected chi connectivity index (χ1v) is 11.2. The molecule has 0 N–H and O–H groups in total. The van der Waals surface area contributed by atoms with Gasteiger partial charge in [0, 0.05) is 23.6 Å². The van der Waals surface area contributed by atoms with Gasteiger partial charge >= 0.3 is 0 Å². The van der Waals surface area contributed by atoms with Gasteiger partial charge in [-0.15, -0.1) is 0 Å². The molecular weight excluding hydrogens is 484 g/mol. The van der Waals surface area contributed by atoms with Crippen LogP contribution in [0.5, 0.6) is 17.2 Å². The Bertz CT molecular complexity index is 1130. The summed E-state index contributed by atoms with van der Waals surface area (Å²) in [5.74, 6) is 3.02. The van der Waals surface area contributed by atoms with Crippen molar-refractivity contribution < 1.29 is 18.6 Å². The van der Waals surface area contributed by atoms with Crippen molar-refractivity contribution in [1.82, 2.24) is 4.98 Å². The second-order valence-corrected chi connectivity index (χ2v) is 8.28. The third kappa shape index (κ3) is 5.31. The molecule has 1 aromatic heterocycles. The largest absolute Gasteiger partial charge is 0.497 e. The molecule has 170 valence electrons. The van der Waals surface area contributed by atoms with Crippen molar-refractivity contribution in [3.63, 3.8) is 0 Å². The zero-order chi connectivity index (χ0) is 23.2. The van der Waals surface area contributed by atoms with Crippen LogP contribution in [0.2, 0.25) is 0 Å². The highest BCUT2D eigenvalue weighted by atomic mass is 79.9. The summed E-state index contributed by atoms with van der Waals surface area (Å²) in [6.45, 7) is 1.39. The molecular formula is C26H25BrN2O4. The molecule has 0 saturated heterocycles. The quantitative estimate of drug-likeness (QED) is 0.263. The first kappa shape index (κ1) is 22.7. The summed E-state index contributed by atoms with van der Waals surface area (Å²) >= 11 is 3.77. The summed E-state index contributed by atoms with van der Waals surface area (Å²) in [7, 11) is 5.00. The number of benzene rings is 3. The lowest BCUT2D eigenvalue weighted by atomic mass is 10.1. The van der Waals surface area contributed by atoms with Gasteiger partial charge in [0.15, 0.2) is 12.2 Å². The molecule has 0 amide bonds. The van der Waals surface area contributed by atoms with E-state index in [2.05, 4.69) is 50.1 Å². The Labute approximate surface area is 201 Å². The zero-order valence-electron chi connectivity index (χ0n) is 18.7. The summed E-state index contributed by atoms with van der Waals surface area (Å²) in [6.07, 6.45) is 3.09. The van der Waals surface area contributed by atoms with Crippen molar-refractivity contribution in [1.29, 1.82) is 0 Å². The van der Waals surface area contributed by atoms with E-state index in [1.807, 2.05) is 36.4 Å². The average molecular weight is 509 g/mol. The van der Waals surface area contributed by atoms with Gasteiger partial charge in [-0.05, 0) is 57.4 Å². The van der Waals surface area contributed by atoms with Crippen LogP contribution in [0.25, 0.3) is 11.3 Å². The van der Waals surface area contributed by atoms with Gasteiger partial charge in [-0.2, -0.15) is 0 Å². The highest BCUT2D eigenvalue weighted by molar-refractivity contribution is 9.10. The summed E-state index contributed by atoms with van der Waals surface area (Å²) in [5.41, 5.74) is 4.16. The number of aromatic nitrogens is 1. The van der Waals surface area contributed by atoms with Crippen LogP contribution in [0, 0.1) is 0 Å². The predicted molar refractivity (Wildman–Crippen MR) is 132 cm³/mol. The highest BCUT2D eigenvalue weighted by Crippen LogP contribution is 2.40. The lowest BCUT2D eigenvalue weighted by molar-refractivity contribution is 0.414. The van der Waals surface area contributed by atoms with Crippen LogP contribution in [0.1, 0.15) is 11.1 Å². The van der Waals surface area contributed by atoms with Crippen molar-refractivity contribution in [2.75, 3.05) is 26.2 Å². The number of oxazole rings is 1. The fourth-order valence-electron chi connectivity index (χ4n) is 3.62. The van der Waals surface area contributed by atoms with Crippen LogP contribution in [0.4, 0.5) is 5.69 Å². The van der Waals surface area contributed by atoms with E-state index in [4.69, 9.17) is 18.6 Å². The van der Waals surface area contributed by atoms with Crippen molar-refractivity contribution in [2.24, 2.45) is 0 Å². The van der Waals surface area contributed by atoms with Crippen molar-refractivity contribution in [3.05, 3.63) is 88.9 Å². The van der Waals surface area contributed by atoms with Crippen molar-refractivity contribution >= 4 is 21.6 Å². The Morgan fingerprint density at radius 2 is 1.39 bits per heavy atom. The van der Waals surface area contributed by atoms with Gasteiger partial charge in [-0.25, -0.2) is 4.98 Å².